The number of nitriles is 1. The Kier molecular flexibility index (Phi) is 2.66. The van der Waals surface area contributed by atoms with Crippen LogP contribution in [0.15, 0.2) is 0 Å². The van der Waals surface area contributed by atoms with Crippen molar-refractivity contribution < 1.29 is 4.79 Å². The maximum Gasteiger partial charge on any atom is 0.234 e. The van der Waals surface area contributed by atoms with E-state index in [1.54, 1.807) is 0 Å². The first-order valence-corrected chi connectivity index (χ1v) is 4.08. The summed E-state index contributed by atoms with van der Waals surface area (Å²) in [6, 6.07) is 2.01. The van der Waals surface area contributed by atoms with E-state index in [1.807, 2.05) is 11.8 Å². The van der Waals surface area contributed by atoms with Crippen molar-refractivity contribution in [3.63, 3.8) is 0 Å². The van der Waals surface area contributed by atoms with Gasteiger partial charge in [-0.1, -0.05) is 0 Å². The molecule has 4 heteroatoms. The number of primary amides is 1. The van der Waals surface area contributed by atoms with Crippen LogP contribution in [0.25, 0.3) is 0 Å². The van der Waals surface area contributed by atoms with E-state index in [-0.39, 0.29) is 17.9 Å². The molecule has 12 heavy (non-hydrogen) atoms. The van der Waals surface area contributed by atoms with Gasteiger partial charge in [-0.05, 0) is 13.3 Å². The highest BCUT2D eigenvalue weighted by Gasteiger charge is 2.32. The molecule has 0 aliphatic carbocycles. The van der Waals surface area contributed by atoms with E-state index in [4.69, 9.17) is 11.0 Å². The summed E-state index contributed by atoms with van der Waals surface area (Å²) in [6.45, 7) is 3.39. The van der Waals surface area contributed by atoms with Gasteiger partial charge in [0, 0.05) is 13.1 Å². The van der Waals surface area contributed by atoms with Gasteiger partial charge in [0.05, 0.1) is 18.0 Å². The molecule has 0 spiro atoms. The van der Waals surface area contributed by atoms with Crippen LogP contribution in [0.1, 0.15) is 13.3 Å². The lowest BCUT2D eigenvalue weighted by Crippen LogP contribution is -2.55. The van der Waals surface area contributed by atoms with Crippen LogP contribution in [0, 0.1) is 17.2 Å². The molecule has 0 saturated carbocycles. The van der Waals surface area contributed by atoms with Crippen molar-refractivity contribution in [2.75, 3.05) is 13.1 Å². The molecule has 1 rings (SSSR count). The minimum atomic E-state index is -0.272. The summed E-state index contributed by atoms with van der Waals surface area (Å²) in [6.07, 6.45) is 0.841. The molecule has 4 nitrogen and oxygen atoms in total. The molecule has 0 aromatic rings. The molecule has 0 bridgehead atoms. The second kappa shape index (κ2) is 3.55. The normalized spacial score (nSPS) is 25.5. The molecule has 0 aromatic heterocycles. The summed E-state index contributed by atoms with van der Waals surface area (Å²) in [4.78, 5) is 12.7. The zero-order valence-electron chi connectivity index (χ0n) is 7.16. The number of likely N-dealkylation sites (tertiary alicyclic amines) is 1. The minimum Gasteiger partial charge on any atom is -0.368 e. The third-order valence-electron chi connectivity index (χ3n) is 2.19. The molecule has 0 aromatic carbocycles. The van der Waals surface area contributed by atoms with E-state index < -0.39 is 0 Å². The van der Waals surface area contributed by atoms with Crippen molar-refractivity contribution >= 4 is 5.91 Å². The molecule has 1 heterocycles. The third-order valence-corrected chi connectivity index (χ3v) is 2.19. The monoisotopic (exact) mass is 167 g/mol. The molecule has 2 N–H and O–H groups in total. The Morgan fingerprint density at radius 1 is 1.92 bits per heavy atom. The van der Waals surface area contributed by atoms with E-state index in [0.29, 0.717) is 6.54 Å². The molecule has 1 aliphatic rings. The Bertz CT molecular complexity index is 221. The average Bonchev–Trinajstić information content (AvgIpc) is 1.96. The molecule has 1 saturated heterocycles. The van der Waals surface area contributed by atoms with Gasteiger partial charge in [0.1, 0.15) is 0 Å². The lowest BCUT2D eigenvalue weighted by atomic mass is 10.0. The summed E-state index contributed by atoms with van der Waals surface area (Å²) in [5.41, 5.74) is 5.14. The van der Waals surface area contributed by atoms with Crippen LogP contribution in [-0.4, -0.2) is 29.9 Å². The Balaban J connectivity index is 2.36. The molecule has 1 aliphatic heterocycles. The summed E-state index contributed by atoms with van der Waals surface area (Å²) < 4.78 is 0. The summed E-state index contributed by atoms with van der Waals surface area (Å²) in [7, 11) is 0. The van der Waals surface area contributed by atoms with Crippen LogP contribution in [0.2, 0.25) is 0 Å². The first kappa shape index (κ1) is 9.01. The Morgan fingerprint density at radius 3 is 2.92 bits per heavy atom. The molecule has 2 unspecified atom stereocenters. The van der Waals surface area contributed by atoms with Gasteiger partial charge in [-0.15, -0.1) is 0 Å². The number of rotatable bonds is 3. The molecule has 0 radical (unpaired) electrons. The fourth-order valence-corrected chi connectivity index (χ4v) is 1.37. The molecular weight excluding hydrogens is 154 g/mol. The number of nitrogens with zero attached hydrogens (tertiary/aromatic N) is 2. The highest BCUT2D eigenvalue weighted by molar-refractivity contribution is 5.80. The zero-order chi connectivity index (χ0) is 9.14. The lowest BCUT2D eigenvalue weighted by Gasteiger charge is -2.39. The van der Waals surface area contributed by atoms with E-state index in [9.17, 15) is 4.79 Å². The highest BCUT2D eigenvalue weighted by Crippen LogP contribution is 2.17. The van der Waals surface area contributed by atoms with E-state index in [1.165, 1.54) is 0 Å². The largest absolute Gasteiger partial charge is 0.368 e. The van der Waals surface area contributed by atoms with Gasteiger partial charge in [0.25, 0.3) is 0 Å². The van der Waals surface area contributed by atoms with Crippen LogP contribution < -0.4 is 5.73 Å². The van der Waals surface area contributed by atoms with Crippen LogP contribution in [0.5, 0.6) is 0 Å². The van der Waals surface area contributed by atoms with Crippen LogP contribution in [0.4, 0.5) is 0 Å². The average molecular weight is 167 g/mol. The molecule has 1 amide bonds. The summed E-state index contributed by atoms with van der Waals surface area (Å²) in [5.74, 6) is -0.293. The number of hydrogen-bond acceptors (Lipinski definition) is 3. The first-order valence-electron chi connectivity index (χ1n) is 4.08. The van der Waals surface area contributed by atoms with Gasteiger partial charge in [0.15, 0.2) is 0 Å². The van der Waals surface area contributed by atoms with Gasteiger partial charge in [-0.3, -0.25) is 9.69 Å². The topological polar surface area (TPSA) is 70.1 Å². The number of carbonyl (C=O) groups is 1. The molecular formula is C8H13N3O. The quantitative estimate of drug-likeness (QED) is 0.627. The number of amides is 1. The summed E-state index contributed by atoms with van der Waals surface area (Å²) in [5, 5.41) is 8.54. The third kappa shape index (κ3) is 1.74. The van der Waals surface area contributed by atoms with E-state index in [2.05, 4.69) is 6.07 Å². The van der Waals surface area contributed by atoms with E-state index >= 15 is 0 Å². The number of hydrogen-bond donors (Lipinski definition) is 1. The van der Waals surface area contributed by atoms with Gasteiger partial charge in [0.2, 0.25) is 5.91 Å². The van der Waals surface area contributed by atoms with Crippen molar-refractivity contribution in [3.8, 4) is 6.07 Å². The van der Waals surface area contributed by atoms with Gasteiger partial charge >= 0.3 is 0 Å². The Labute approximate surface area is 71.9 Å². The maximum absolute atomic E-state index is 10.8. The standard InChI is InChI=1S/C8H13N3O/c1-6(4-9)5-11-3-2-7(11)8(10)12/h6-7H,2-3,5H2,1H3,(H2,10,12). The fourth-order valence-electron chi connectivity index (χ4n) is 1.37. The van der Waals surface area contributed by atoms with Crippen LogP contribution in [0.3, 0.4) is 0 Å². The second-order valence-electron chi connectivity index (χ2n) is 3.23. The van der Waals surface area contributed by atoms with E-state index in [0.717, 1.165) is 13.0 Å². The predicted molar refractivity (Wildman–Crippen MR) is 43.9 cm³/mol. The Hall–Kier alpha value is -1.08. The van der Waals surface area contributed by atoms with Gasteiger partial charge < -0.3 is 5.73 Å². The van der Waals surface area contributed by atoms with Crippen molar-refractivity contribution in [1.29, 1.82) is 5.26 Å². The Morgan fingerprint density at radius 2 is 2.58 bits per heavy atom. The number of carbonyl (C=O) groups excluding carboxylic acids is 1. The summed E-state index contributed by atoms with van der Waals surface area (Å²) >= 11 is 0. The molecule has 1 fully saturated rings. The zero-order valence-corrected chi connectivity index (χ0v) is 7.16. The van der Waals surface area contributed by atoms with Crippen molar-refractivity contribution in [3.05, 3.63) is 0 Å². The predicted octanol–water partition coefficient (Wildman–Crippen LogP) is -0.294. The van der Waals surface area contributed by atoms with Crippen LogP contribution in [-0.2, 0) is 4.79 Å². The fraction of sp³-hybridized carbons (Fsp3) is 0.750. The SMILES string of the molecule is CC(C#N)CN1CCC1C(N)=O. The minimum absolute atomic E-state index is 0.0212. The maximum atomic E-state index is 10.8. The molecule has 2 atom stereocenters. The first-order chi connectivity index (χ1) is 5.65. The smallest absolute Gasteiger partial charge is 0.234 e. The molecule has 66 valence electrons. The second-order valence-corrected chi connectivity index (χ2v) is 3.23. The van der Waals surface area contributed by atoms with Crippen LogP contribution >= 0.6 is 0 Å². The van der Waals surface area contributed by atoms with Crippen molar-refractivity contribution in [1.82, 2.24) is 4.90 Å². The highest BCUT2D eigenvalue weighted by atomic mass is 16.1. The van der Waals surface area contributed by atoms with Gasteiger partial charge in [-0.2, -0.15) is 5.26 Å². The van der Waals surface area contributed by atoms with Crippen molar-refractivity contribution in [2.45, 2.75) is 19.4 Å². The van der Waals surface area contributed by atoms with Gasteiger partial charge in [-0.25, -0.2) is 0 Å². The number of nitrogens with two attached hydrogens (primary N) is 1. The van der Waals surface area contributed by atoms with Crippen molar-refractivity contribution in [2.24, 2.45) is 11.7 Å². The lowest BCUT2D eigenvalue weighted by molar-refractivity contribution is -0.127.